The average molecular weight is 420 g/mol. The van der Waals surface area contributed by atoms with Gasteiger partial charge >= 0.3 is 5.97 Å². The Morgan fingerprint density at radius 1 is 1.03 bits per heavy atom. The van der Waals surface area contributed by atoms with Crippen LogP contribution in [0.2, 0.25) is 0 Å². The largest absolute Gasteiger partial charge is 0.480 e. The van der Waals surface area contributed by atoms with Crippen molar-refractivity contribution in [2.75, 3.05) is 53.4 Å². The number of hydrogen-bond donors (Lipinski definition) is 1. The van der Waals surface area contributed by atoms with Crippen molar-refractivity contribution in [3.63, 3.8) is 0 Å². The molecule has 0 spiro atoms. The first-order chi connectivity index (χ1) is 13.5. The van der Waals surface area contributed by atoms with Crippen LogP contribution in [0, 0.1) is 5.41 Å². The number of aliphatic carboxylic acids is 1. The summed E-state index contributed by atoms with van der Waals surface area (Å²) in [7, 11) is 4.23. The summed E-state index contributed by atoms with van der Waals surface area (Å²) in [6, 6.07) is 8.88. The van der Waals surface area contributed by atoms with Gasteiger partial charge in [-0.15, -0.1) is 0 Å². The Balaban J connectivity index is 2.12. The summed E-state index contributed by atoms with van der Waals surface area (Å²) < 4.78 is 0. The first-order valence-corrected chi connectivity index (χ1v) is 10.9. The number of thiocarbonyl (C=S) groups is 1. The van der Waals surface area contributed by atoms with E-state index >= 15 is 0 Å². The first kappa shape index (κ1) is 23.9. The second-order valence-electron chi connectivity index (χ2n) is 9.45. The van der Waals surface area contributed by atoms with Crippen molar-refractivity contribution in [3.05, 3.63) is 35.4 Å². The van der Waals surface area contributed by atoms with E-state index in [1.807, 2.05) is 0 Å². The molecule has 1 aliphatic heterocycles. The molecule has 0 bridgehead atoms. The molecule has 29 heavy (non-hydrogen) atoms. The van der Waals surface area contributed by atoms with Crippen molar-refractivity contribution in [1.82, 2.24) is 14.7 Å². The molecule has 1 saturated heterocycles. The second-order valence-corrected chi connectivity index (χ2v) is 9.95. The number of likely N-dealkylation sites (N-methyl/N-ethyl adjacent to an activating group) is 2. The molecule has 1 aromatic carbocycles. The van der Waals surface area contributed by atoms with Gasteiger partial charge in [0.05, 0.1) is 6.54 Å². The number of carboxylic acid groups (broad SMARTS) is 1. The molecule has 6 heteroatoms. The van der Waals surface area contributed by atoms with Crippen LogP contribution in [0.1, 0.15) is 31.9 Å². The van der Waals surface area contributed by atoms with E-state index in [9.17, 15) is 9.90 Å². The van der Waals surface area contributed by atoms with Gasteiger partial charge in [-0.3, -0.25) is 9.69 Å². The zero-order valence-electron chi connectivity index (χ0n) is 18.6. The van der Waals surface area contributed by atoms with Gasteiger partial charge in [-0.05, 0) is 37.1 Å². The van der Waals surface area contributed by atoms with Crippen molar-refractivity contribution < 1.29 is 9.90 Å². The van der Waals surface area contributed by atoms with Gasteiger partial charge in [0.15, 0.2) is 0 Å². The molecule has 162 valence electrons. The molecule has 1 aliphatic rings. The summed E-state index contributed by atoms with van der Waals surface area (Å²) in [4.78, 5) is 19.3. The van der Waals surface area contributed by atoms with Gasteiger partial charge in [0.2, 0.25) is 0 Å². The van der Waals surface area contributed by atoms with Crippen molar-refractivity contribution in [1.29, 1.82) is 0 Å². The van der Waals surface area contributed by atoms with Crippen molar-refractivity contribution >= 4 is 23.1 Å². The Labute approximate surface area is 181 Å². The fourth-order valence-corrected chi connectivity index (χ4v) is 3.76. The van der Waals surface area contributed by atoms with Crippen molar-refractivity contribution in [2.24, 2.45) is 5.41 Å². The van der Waals surface area contributed by atoms with Crippen LogP contribution in [0.3, 0.4) is 0 Å². The van der Waals surface area contributed by atoms with Gasteiger partial charge in [-0.2, -0.15) is 0 Å². The predicted molar refractivity (Wildman–Crippen MR) is 124 cm³/mol. The maximum atomic E-state index is 11.5. The molecular formula is C23H37N3O2S. The normalized spacial score (nSPS) is 20.7. The third kappa shape index (κ3) is 8.13. The lowest BCUT2D eigenvalue weighted by Gasteiger charge is -2.32. The molecule has 1 unspecified atom stereocenters. The van der Waals surface area contributed by atoms with Gasteiger partial charge in [0, 0.05) is 50.1 Å². The summed E-state index contributed by atoms with van der Waals surface area (Å²) in [6.07, 6.45) is 1.67. The zero-order chi connectivity index (χ0) is 21.6. The minimum Gasteiger partial charge on any atom is -0.480 e. The maximum absolute atomic E-state index is 11.5. The monoisotopic (exact) mass is 419 g/mol. The molecule has 1 atom stereocenters. The van der Waals surface area contributed by atoms with Gasteiger partial charge < -0.3 is 14.9 Å². The number of benzene rings is 1. The standard InChI is InChI=1S/C23H37N3O2S/c1-23(2,3)21(29)15-19-8-6-18(7-9-19)14-20-16-25(5)11-10-24(4)12-13-26(20)17-22(27)28/h6-9,20H,10-17H2,1-5H3,(H,27,28). The molecule has 1 aromatic rings. The SMILES string of the molecule is CN1CCN(C)CC(Cc2ccc(CC(=S)C(C)(C)C)cc2)N(CC(=O)O)CC1. The molecule has 0 amide bonds. The summed E-state index contributed by atoms with van der Waals surface area (Å²) in [5, 5.41) is 9.42. The van der Waals surface area contributed by atoms with Crippen LogP contribution in [0.15, 0.2) is 24.3 Å². The Hall–Kier alpha value is -1.34. The molecule has 0 aliphatic carbocycles. The van der Waals surface area contributed by atoms with Crippen LogP contribution in [0.5, 0.6) is 0 Å². The zero-order valence-corrected chi connectivity index (χ0v) is 19.5. The lowest BCUT2D eigenvalue weighted by Crippen LogP contribution is -2.47. The van der Waals surface area contributed by atoms with E-state index in [0.29, 0.717) is 0 Å². The Bertz CT molecular complexity index is 684. The smallest absolute Gasteiger partial charge is 0.317 e. The topological polar surface area (TPSA) is 47.0 Å². The maximum Gasteiger partial charge on any atom is 0.317 e. The van der Waals surface area contributed by atoms with Crippen LogP contribution in [-0.4, -0.2) is 90.0 Å². The molecule has 2 rings (SSSR count). The van der Waals surface area contributed by atoms with Crippen LogP contribution in [0.25, 0.3) is 0 Å². The number of carbonyl (C=O) groups is 1. The fourth-order valence-electron chi connectivity index (χ4n) is 3.59. The molecule has 1 fully saturated rings. The number of nitrogens with zero attached hydrogens (tertiary/aromatic N) is 3. The average Bonchev–Trinajstić information content (AvgIpc) is 2.68. The highest BCUT2D eigenvalue weighted by Gasteiger charge is 2.25. The van der Waals surface area contributed by atoms with Crippen LogP contribution in [0.4, 0.5) is 0 Å². The fraction of sp³-hybridized carbons (Fsp3) is 0.652. The molecule has 0 radical (unpaired) electrons. The summed E-state index contributed by atoms with van der Waals surface area (Å²) >= 11 is 5.58. The molecule has 1 N–H and O–H groups in total. The highest BCUT2D eigenvalue weighted by molar-refractivity contribution is 7.80. The quantitative estimate of drug-likeness (QED) is 0.716. The van der Waals surface area contributed by atoms with E-state index in [1.54, 1.807) is 0 Å². The van der Waals surface area contributed by atoms with E-state index in [-0.39, 0.29) is 18.0 Å². The predicted octanol–water partition coefficient (Wildman–Crippen LogP) is 2.82. The molecule has 1 heterocycles. The lowest BCUT2D eigenvalue weighted by atomic mass is 9.88. The van der Waals surface area contributed by atoms with E-state index in [0.717, 1.165) is 50.4 Å². The summed E-state index contributed by atoms with van der Waals surface area (Å²) in [5.74, 6) is -0.759. The highest BCUT2D eigenvalue weighted by atomic mass is 32.1. The molecular weight excluding hydrogens is 382 g/mol. The van der Waals surface area contributed by atoms with E-state index in [1.165, 1.54) is 11.1 Å². The Morgan fingerprint density at radius 3 is 2.17 bits per heavy atom. The minimum absolute atomic E-state index is 0.0421. The van der Waals surface area contributed by atoms with Crippen LogP contribution in [-0.2, 0) is 17.6 Å². The van der Waals surface area contributed by atoms with Crippen molar-refractivity contribution in [2.45, 2.75) is 39.7 Å². The molecule has 0 saturated carbocycles. The molecule has 5 nitrogen and oxygen atoms in total. The van der Waals surface area contributed by atoms with Gasteiger partial charge in [0.25, 0.3) is 0 Å². The number of rotatable bonds is 6. The van der Waals surface area contributed by atoms with Gasteiger partial charge in [-0.25, -0.2) is 0 Å². The van der Waals surface area contributed by atoms with E-state index in [2.05, 4.69) is 73.8 Å². The Kier molecular flexibility index (Phi) is 8.76. The first-order valence-electron chi connectivity index (χ1n) is 10.5. The van der Waals surface area contributed by atoms with Gasteiger partial charge in [-0.1, -0.05) is 57.3 Å². The third-order valence-corrected chi connectivity index (χ3v) is 6.46. The summed E-state index contributed by atoms with van der Waals surface area (Å²) in [5.41, 5.74) is 2.53. The Morgan fingerprint density at radius 2 is 1.59 bits per heavy atom. The highest BCUT2D eigenvalue weighted by Crippen LogP contribution is 2.20. The van der Waals surface area contributed by atoms with Crippen LogP contribution >= 0.6 is 12.2 Å². The van der Waals surface area contributed by atoms with Crippen molar-refractivity contribution in [3.8, 4) is 0 Å². The van der Waals surface area contributed by atoms with Gasteiger partial charge in [0.1, 0.15) is 0 Å². The van der Waals surface area contributed by atoms with E-state index < -0.39 is 5.97 Å². The molecule has 0 aromatic heterocycles. The second kappa shape index (κ2) is 10.6. The van der Waals surface area contributed by atoms with E-state index in [4.69, 9.17) is 12.2 Å². The number of carboxylic acids is 1. The van der Waals surface area contributed by atoms with Crippen LogP contribution < -0.4 is 0 Å². The lowest BCUT2D eigenvalue weighted by molar-refractivity contribution is -0.139. The number of hydrogen-bond acceptors (Lipinski definition) is 5. The minimum atomic E-state index is -0.759. The third-order valence-electron chi connectivity index (χ3n) is 5.71. The summed E-state index contributed by atoms with van der Waals surface area (Å²) in [6.45, 7) is 11.1.